The van der Waals surface area contributed by atoms with E-state index in [4.69, 9.17) is 11.6 Å². The molecule has 1 aromatic heterocycles. The molecule has 0 amide bonds. The first kappa shape index (κ1) is 14.3. The van der Waals surface area contributed by atoms with E-state index in [1.54, 1.807) is 0 Å². The molecule has 2 N–H and O–H groups in total. The molecule has 0 fully saturated rings. The van der Waals surface area contributed by atoms with E-state index >= 15 is 0 Å². The van der Waals surface area contributed by atoms with Gasteiger partial charge in [0.15, 0.2) is 0 Å². The molecular formula is C14H15ClFNOS. The highest BCUT2D eigenvalue weighted by Gasteiger charge is 2.16. The Labute approximate surface area is 120 Å². The van der Waals surface area contributed by atoms with E-state index in [2.05, 4.69) is 5.32 Å². The average molecular weight is 300 g/mol. The van der Waals surface area contributed by atoms with Crippen LogP contribution >= 0.6 is 22.9 Å². The van der Waals surface area contributed by atoms with E-state index in [0.717, 1.165) is 9.21 Å². The molecule has 0 saturated heterocycles. The molecule has 2 rings (SSSR count). The molecule has 2 aromatic rings. The number of rotatable bonds is 4. The third-order valence-electron chi connectivity index (χ3n) is 2.98. The van der Waals surface area contributed by atoms with Crippen LogP contribution in [0.1, 0.15) is 36.4 Å². The first-order valence-electron chi connectivity index (χ1n) is 5.97. The fourth-order valence-electron chi connectivity index (χ4n) is 1.98. The lowest BCUT2D eigenvalue weighted by atomic mass is 10.1. The van der Waals surface area contributed by atoms with Crippen molar-refractivity contribution >= 4 is 22.9 Å². The summed E-state index contributed by atoms with van der Waals surface area (Å²) in [4.78, 5) is 1.10. The summed E-state index contributed by atoms with van der Waals surface area (Å²) in [7, 11) is 0. The van der Waals surface area contributed by atoms with Crippen LogP contribution in [0.3, 0.4) is 0 Å². The molecule has 102 valence electrons. The van der Waals surface area contributed by atoms with Gasteiger partial charge in [-0.15, -0.1) is 11.3 Å². The summed E-state index contributed by atoms with van der Waals surface area (Å²) in [6.07, 6.45) is 0. The van der Waals surface area contributed by atoms with Gasteiger partial charge in [0.05, 0.1) is 4.34 Å². The standard InChI is InChI=1S/C14H15ClFNOS/c1-8(11-7-10(16)3-4-12(11)18)17-9(2)13-5-6-14(15)19-13/h3-9,17-18H,1-2H3. The predicted molar refractivity (Wildman–Crippen MR) is 77.4 cm³/mol. The topological polar surface area (TPSA) is 32.3 Å². The highest BCUT2D eigenvalue weighted by molar-refractivity contribution is 7.16. The molecule has 1 heterocycles. The monoisotopic (exact) mass is 299 g/mol. The van der Waals surface area contributed by atoms with Gasteiger partial charge in [0, 0.05) is 22.5 Å². The molecule has 0 saturated carbocycles. The number of hydrogen-bond donors (Lipinski definition) is 2. The van der Waals surface area contributed by atoms with E-state index in [9.17, 15) is 9.50 Å². The molecule has 1 aromatic carbocycles. The lowest BCUT2D eigenvalue weighted by Gasteiger charge is -2.20. The molecule has 2 atom stereocenters. The molecule has 19 heavy (non-hydrogen) atoms. The Balaban J connectivity index is 2.12. The smallest absolute Gasteiger partial charge is 0.123 e. The zero-order chi connectivity index (χ0) is 14.0. The molecule has 2 nitrogen and oxygen atoms in total. The summed E-state index contributed by atoms with van der Waals surface area (Å²) in [6, 6.07) is 7.69. The van der Waals surface area contributed by atoms with Crippen LogP contribution in [0, 0.1) is 5.82 Å². The van der Waals surface area contributed by atoms with Crippen molar-refractivity contribution in [3.05, 3.63) is 50.9 Å². The van der Waals surface area contributed by atoms with Gasteiger partial charge in [-0.05, 0) is 44.2 Å². The van der Waals surface area contributed by atoms with Gasteiger partial charge >= 0.3 is 0 Å². The summed E-state index contributed by atoms with van der Waals surface area (Å²) >= 11 is 7.41. The van der Waals surface area contributed by atoms with E-state index in [1.165, 1.54) is 29.5 Å². The summed E-state index contributed by atoms with van der Waals surface area (Å²) in [6.45, 7) is 3.90. The Morgan fingerprint density at radius 2 is 1.95 bits per heavy atom. The molecule has 0 aliphatic rings. The van der Waals surface area contributed by atoms with Crippen LogP contribution in [0.2, 0.25) is 4.34 Å². The van der Waals surface area contributed by atoms with Crippen molar-refractivity contribution in [1.29, 1.82) is 0 Å². The van der Waals surface area contributed by atoms with Gasteiger partial charge in [-0.25, -0.2) is 4.39 Å². The number of halogens is 2. The van der Waals surface area contributed by atoms with Crippen molar-refractivity contribution in [1.82, 2.24) is 5.32 Å². The number of phenols is 1. The molecule has 0 bridgehead atoms. The Hall–Kier alpha value is -1.10. The van der Waals surface area contributed by atoms with Crippen molar-refractivity contribution in [2.24, 2.45) is 0 Å². The number of thiophene rings is 1. The first-order valence-corrected chi connectivity index (χ1v) is 7.16. The van der Waals surface area contributed by atoms with Crippen molar-refractivity contribution in [2.75, 3.05) is 0 Å². The SMILES string of the molecule is CC(NC(C)c1cc(F)ccc1O)c1ccc(Cl)s1. The van der Waals surface area contributed by atoms with E-state index in [0.29, 0.717) is 5.56 Å². The number of nitrogens with one attached hydrogen (secondary N) is 1. The summed E-state index contributed by atoms with van der Waals surface area (Å²) < 4.78 is 14.0. The predicted octanol–water partition coefficient (Wildman–Crippen LogP) is 4.66. The minimum absolute atomic E-state index is 0.0789. The van der Waals surface area contributed by atoms with Gasteiger partial charge in [-0.2, -0.15) is 0 Å². The van der Waals surface area contributed by atoms with E-state index in [-0.39, 0.29) is 23.7 Å². The van der Waals surface area contributed by atoms with Crippen molar-refractivity contribution in [2.45, 2.75) is 25.9 Å². The molecule has 0 spiro atoms. The zero-order valence-electron chi connectivity index (χ0n) is 10.7. The van der Waals surface area contributed by atoms with Crippen LogP contribution in [-0.2, 0) is 0 Å². The number of benzene rings is 1. The van der Waals surface area contributed by atoms with E-state index < -0.39 is 0 Å². The molecule has 2 unspecified atom stereocenters. The Bertz CT molecular complexity index is 572. The lowest BCUT2D eigenvalue weighted by Crippen LogP contribution is -2.22. The first-order chi connectivity index (χ1) is 8.97. The number of phenolic OH excluding ortho intramolecular Hbond substituents is 1. The van der Waals surface area contributed by atoms with Crippen molar-refractivity contribution in [3.8, 4) is 5.75 Å². The minimum Gasteiger partial charge on any atom is -0.508 e. The van der Waals surface area contributed by atoms with Crippen LogP contribution in [0.4, 0.5) is 4.39 Å². The largest absolute Gasteiger partial charge is 0.508 e. The second kappa shape index (κ2) is 5.90. The van der Waals surface area contributed by atoms with Crippen LogP contribution in [0.15, 0.2) is 30.3 Å². The Kier molecular flexibility index (Phi) is 4.45. The van der Waals surface area contributed by atoms with Gasteiger partial charge in [-0.1, -0.05) is 11.6 Å². The molecule has 0 radical (unpaired) electrons. The van der Waals surface area contributed by atoms with Gasteiger partial charge in [0.25, 0.3) is 0 Å². The second-order valence-electron chi connectivity index (χ2n) is 4.46. The van der Waals surface area contributed by atoms with Crippen molar-refractivity contribution < 1.29 is 9.50 Å². The molecule has 0 aliphatic heterocycles. The Morgan fingerprint density at radius 3 is 2.58 bits per heavy atom. The summed E-state index contributed by atoms with van der Waals surface area (Å²) in [5, 5.41) is 13.1. The zero-order valence-corrected chi connectivity index (χ0v) is 12.2. The fraction of sp³-hybridized carbons (Fsp3) is 0.286. The second-order valence-corrected chi connectivity index (χ2v) is 6.20. The quantitative estimate of drug-likeness (QED) is 0.860. The molecule has 0 aliphatic carbocycles. The highest BCUT2D eigenvalue weighted by Crippen LogP contribution is 2.30. The van der Waals surface area contributed by atoms with Crippen molar-refractivity contribution in [3.63, 3.8) is 0 Å². The molecular weight excluding hydrogens is 285 g/mol. The summed E-state index contributed by atoms with van der Waals surface area (Å²) in [5.74, 6) is -0.258. The maximum Gasteiger partial charge on any atom is 0.123 e. The number of aromatic hydroxyl groups is 1. The maximum absolute atomic E-state index is 13.2. The van der Waals surface area contributed by atoms with Crippen LogP contribution in [0.25, 0.3) is 0 Å². The number of hydrogen-bond acceptors (Lipinski definition) is 3. The third-order valence-corrected chi connectivity index (χ3v) is 4.39. The fourth-order valence-corrected chi connectivity index (χ4v) is 3.05. The maximum atomic E-state index is 13.2. The van der Waals surface area contributed by atoms with Gasteiger partial charge < -0.3 is 10.4 Å². The molecule has 5 heteroatoms. The normalized spacial score (nSPS) is 14.3. The average Bonchev–Trinajstić information content (AvgIpc) is 2.79. The highest BCUT2D eigenvalue weighted by atomic mass is 35.5. The van der Waals surface area contributed by atoms with Crippen LogP contribution in [-0.4, -0.2) is 5.11 Å². The minimum atomic E-state index is -0.353. The summed E-state index contributed by atoms with van der Waals surface area (Å²) in [5.41, 5.74) is 0.550. The lowest BCUT2D eigenvalue weighted by molar-refractivity contribution is 0.436. The van der Waals surface area contributed by atoms with Gasteiger partial charge in [0.1, 0.15) is 11.6 Å². The van der Waals surface area contributed by atoms with Crippen LogP contribution in [0.5, 0.6) is 5.75 Å². The van der Waals surface area contributed by atoms with Gasteiger partial charge in [0.2, 0.25) is 0 Å². The third kappa shape index (κ3) is 3.47. The van der Waals surface area contributed by atoms with Crippen LogP contribution < -0.4 is 5.32 Å². The van der Waals surface area contributed by atoms with Gasteiger partial charge in [-0.3, -0.25) is 0 Å². The Morgan fingerprint density at radius 1 is 1.21 bits per heavy atom. The van der Waals surface area contributed by atoms with E-state index in [1.807, 2.05) is 26.0 Å².